The quantitative estimate of drug-likeness (QED) is 0.277. The molecule has 10 heavy (non-hydrogen) atoms. The molecular formula is C5H8N2O3. The van der Waals surface area contributed by atoms with Crippen molar-refractivity contribution in [2.24, 2.45) is 5.84 Å². The molecule has 5 heteroatoms. The van der Waals surface area contributed by atoms with Crippen molar-refractivity contribution in [3.05, 3.63) is 11.8 Å². The third-order valence-electron chi connectivity index (χ3n) is 1.04. The van der Waals surface area contributed by atoms with Crippen LogP contribution < -0.4 is 11.3 Å². The molecule has 1 rings (SSSR count). The predicted octanol–water partition coefficient (Wildman–Crippen LogP) is -1.14. The van der Waals surface area contributed by atoms with Crippen LogP contribution in [0.25, 0.3) is 0 Å². The number of carbonyl (C=O) groups excluding carboxylic acids is 1. The van der Waals surface area contributed by atoms with Gasteiger partial charge in [0.05, 0.1) is 6.61 Å². The summed E-state index contributed by atoms with van der Waals surface area (Å²) < 4.78 is 9.55. The van der Waals surface area contributed by atoms with Crippen molar-refractivity contribution < 1.29 is 14.3 Å². The molecule has 3 N–H and O–H groups in total. The van der Waals surface area contributed by atoms with Gasteiger partial charge in [-0.05, 0) is 6.08 Å². The third-order valence-corrected chi connectivity index (χ3v) is 1.04. The summed E-state index contributed by atoms with van der Waals surface area (Å²) in [6.07, 6.45) is 1.52. The molecular weight excluding hydrogens is 136 g/mol. The summed E-state index contributed by atoms with van der Waals surface area (Å²) in [5.41, 5.74) is 1.95. The highest BCUT2D eigenvalue weighted by Crippen LogP contribution is 2.02. The van der Waals surface area contributed by atoms with Crippen LogP contribution >= 0.6 is 0 Å². The molecule has 0 aromatic rings. The van der Waals surface area contributed by atoms with E-state index < -0.39 is 5.91 Å². The van der Waals surface area contributed by atoms with Gasteiger partial charge in [0.1, 0.15) is 0 Å². The first kappa shape index (κ1) is 7.04. The molecule has 1 amide bonds. The van der Waals surface area contributed by atoms with Crippen molar-refractivity contribution >= 4 is 5.91 Å². The Morgan fingerprint density at radius 1 is 1.80 bits per heavy atom. The fourth-order valence-electron chi connectivity index (χ4n) is 0.576. The average Bonchev–Trinajstić information content (AvgIpc) is 2.05. The molecule has 0 atom stereocenters. The second-order valence-electron chi connectivity index (χ2n) is 1.67. The summed E-state index contributed by atoms with van der Waals surface area (Å²) in [6, 6.07) is 0. The summed E-state index contributed by atoms with van der Waals surface area (Å²) in [5.74, 6) is 4.63. The highest BCUT2D eigenvalue weighted by molar-refractivity contribution is 5.90. The molecule has 0 bridgehead atoms. The summed E-state index contributed by atoms with van der Waals surface area (Å²) >= 11 is 0. The summed E-state index contributed by atoms with van der Waals surface area (Å²) in [4.78, 5) is 10.7. The number of hydrogen-bond donors (Lipinski definition) is 2. The van der Waals surface area contributed by atoms with Crippen LogP contribution in [0.2, 0.25) is 0 Å². The van der Waals surface area contributed by atoms with Crippen molar-refractivity contribution in [2.75, 3.05) is 13.4 Å². The summed E-state index contributed by atoms with van der Waals surface area (Å²) in [6.45, 7) is 0.502. The second kappa shape index (κ2) is 3.19. The van der Waals surface area contributed by atoms with Crippen molar-refractivity contribution in [3.63, 3.8) is 0 Å². The van der Waals surface area contributed by atoms with Crippen molar-refractivity contribution in [2.45, 2.75) is 0 Å². The zero-order valence-corrected chi connectivity index (χ0v) is 5.29. The maximum Gasteiger partial charge on any atom is 0.300 e. The molecule has 56 valence electrons. The zero-order valence-electron chi connectivity index (χ0n) is 5.29. The van der Waals surface area contributed by atoms with Gasteiger partial charge in [-0.2, -0.15) is 0 Å². The van der Waals surface area contributed by atoms with E-state index in [4.69, 9.17) is 15.3 Å². The molecule has 0 unspecified atom stereocenters. The number of amides is 1. The minimum atomic E-state index is -0.427. The minimum Gasteiger partial charge on any atom is -0.462 e. The van der Waals surface area contributed by atoms with Gasteiger partial charge >= 0.3 is 0 Å². The summed E-state index contributed by atoms with van der Waals surface area (Å²) in [7, 11) is 0. The normalized spacial score (nSPS) is 17.1. The van der Waals surface area contributed by atoms with Gasteiger partial charge in [-0.1, -0.05) is 0 Å². The van der Waals surface area contributed by atoms with E-state index in [0.29, 0.717) is 6.61 Å². The van der Waals surface area contributed by atoms with Gasteiger partial charge in [-0.15, -0.1) is 0 Å². The van der Waals surface area contributed by atoms with Crippen LogP contribution in [-0.4, -0.2) is 19.3 Å². The fraction of sp³-hybridized carbons (Fsp3) is 0.400. The van der Waals surface area contributed by atoms with Gasteiger partial charge in [0.15, 0.2) is 12.6 Å². The van der Waals surface area contributed by atoms with Crippen molar-refractivity contribution in [3.8, 4) is 0 Å². The van der Waals surface area contributed by atoms with Crippen LogP contribution in [0, 0.1) is 0 Å². The largest absolute Gasteiger partial charge is 0.462 e. The number of carbonyl (C=O) groups is 1. The predicted molar refractivity (Wildman–Crippen MR) is 32.3 cm³/mol. The lowest BCUT2D eigenvalue weighted by Gasteiger charge is -2.12. The Kier molecular flexibility index (Phi) is 2.24. The highest BCUT2D eigenvalue weighted by atomic mass is 16.7. The van der Waals surface area contributed by atoms with Crippen LogP contribution in [0.4, 0.5) is 0 Å². The smallest absolute Gasteiger partial charge is 0.300 e. The first-order valence-electron chi connectivity index (χ1n) is 2.76. The molecule has 1 heterocycles. The van der Waals surface area contributed by atoms with Crippen LogP contribution in [0.5, 0.6) is 0 Å². The molecule has 1 aliphatic rings. The maximum atomic E-state index is 10.7. The van der Waals surface area contributed by atoms with E-state index in [-0.39, 0.29) is 12.6 Å². The standard InChI is InChI=1S/C5H8N2O3/c6-7-5(8)4-1-2-9-3-10-4/h1H,2-3,6H2,(H,7,8). The Balaban J connectivity index is 2.53. The van der Waals surface area contributed by atoms with E-state index in [1.807, 2.05) is 5.43 Å². The van der Waals surface area contributed by atoms with Gasteiger partial charge in [-0.25, -0.2) is 5.84 Å². The second-order valence-corrected chi connectivity index (χ2v) is 1.67. The van der Waals surface area contributed by atoms with Crippen LogP contribution in [-0.2, 0) is 14.3 Å². The number of hydrogen-bond acceptors (Lipinski definition) is 4. The molecule has 0 spiro atoms. The Bertz CT molecular complexity index is 166. The van der Waals surface area contributed by atoms with Crippen molar-refractivity contribution in [1.82, 2.24) is 5.43 Å². The van der Waals surface area contributed by atoms with Gasteiger partial charge in [0.2, 0.25) is 0 Å². The lowest BCUT2D eigenvalue weighted by atomic mass is 10.4. The third kappa shape index (κ3) is 1.46. The number of nitrogens with one attached hydrogen (secondary N) is 1. The van der Waals surface area contributed by atoms with Gasteiger partial charge in [-0.3, -0.25) is 10.2 Å². The number of hydrazine groups is 1. The number of rotatable bonds is 1. The molecule has 5 nitrogen and oxygen atoms in total. The van der Waals surface area contributed by atoms with Crippen LogP contribution in [0.1, 0.15) is 0 Å². The Morgan fingerprint density at radius 2 is 2.60 bits per heavy atom. The lowest BCUT2D eigenvalue weighted by Crippen LogP contribution is -2.33. The van der Waals surface area contributed by atoms with E-state index in [1.54, 1.807) is 0 Å². The topological polar surface area (TPSA) is 73.6 Å². The average molecular weight is 144 g/mol. The van der Waals surface area contributed by atoms with Crippen molar-refractivity contribution in [1.29, 1.82) is 0 Å². The molecule has 0 aromatic heterocycles. The Hall–Kier alpha value is -1.07. The van der Waals surface area contributed by atoms with Crippen LogP contribution in [0.15, 0.2) is 11.8 Å². The zero-order chi connectivity index (χ0) is 7.40. The first-order valence-corrected chi connectivity index (χ1v) is 2.76. The van der Waals surface area contributed by atoms with E-state index in [1.165, 1.54) is 6.08 Å². The Labute approximate surface area is 57.8 Å². The van der Waals surface area contributed by atoms with Crippen LogP contribution in [0.3, 0.4) is 0 Å². The first-order chi connectivity index (χ1) is 4.84. The minimum absolute atomic E-state index is 0.110. The fourth-order valence-corrected chi connectivity index (χ4v) is 0.576. The monoisotopic (exact) mass is 144 g/mol. The van der Waals surface area contributed by atoms with Gasteiger partial charge in [0, 0.05) is 0 Å². The molecule has 0 fully saturated rings. The molecule has 0 saturated carbocycles. The SMILES string of the molecule is NNC(=O)C1=CCOCO1. The maximum absolute atomic E-state index is 10.7. The molecule has 0 aromatic carbocycles. The van der Waals surface area contributed by atoms with Gasteiger partial charge < -0.3 is 9.47 Å². The van der Waals surface area contributed by atoms with E-state index in [2.05, 4.69) is 0 Å². The lowest BCUT2D eigenvalue weighted by molar-refractivity contribution is -0.125. The Morgan fingerprint density at radius 3 is 3.10 bits per heavy atom. The highest BCUT2D eigenvalue weighted by Gasteiger charge is 2.11. The molecule has 0 aliphatic carbocycles. The van der Waals surface area contributed by atoms with E-state index >= 15 is 0 Å². The van der Waals surface area contributed by atoms with E-state index in [0.717, 1.165) is 0 Å². The molecule has 0 saturated heterocycles. The molecule has 0 radical (unpaired) electrons. The molecule has 1 aliphatic heterocycles. The summed E-state index contributed by atoms with van der Waals surface area (Å²) in [5, 5.41) is 0. The van der Waals surface area contributed by atoms with Gasteiger partial charge in [0.25, 0.3) is 5.91 Å². The van der Waals surface area contributed by atoms with E-state index in [9.17, 15) is 4.79 Å². The number of nitrogens with two attached hydrogens (primary N) is 1. The number of ether oxygens (including phenoxy) is 2.